The summed E-state index contributed by atoms with van der Waals surface area (Å²) < 4.78 is 5.78. The molecule has 1 aliphatic heterocycles. The number of nitrogens with two attached hydrogens (primary N) is 1. The third kappa shape index (κ3) is 3.16. The third-order valence-corrected chi connectivity index (χ3v) is 3.70. The lowest BCUT2D eigenvalue weighted by Crippen LogP contribution is -2.31. The van der Waals surface area contributed by atoms with Crippen LogP contribution in [0.15, 0.2) is 18.2 Å². The van der Waals surface area contributed by atoms with E-state index in [1.807, 2.05) is 12.1 Å². The molecule has 0 radical (unpaired) electrons. The Morgan fingerprint density at radius 2 is 2.33 bits per heavy atom. The lowest BCUT2D eigenvalue weighted by molar-refractivity contribution is 0.0664. The summed E-state index contributed by atoms with van der Waals surface area (Å²) in [6.45, 7) is 5.44. The number of anilines is 1. The van der Waals surface area contributed by atoms with Gasteiger partial charge in [0.15, 0.2) is 0 Å². The van der Waals surface area contributed by atoms with Gasteiger partial charge in [0.1, 0.15) is 0 Å². The molecule has 3 nitrogen and oxygen atoms in total. The van der Waals surface area contributed by atoms with Gasteiger partial charge in [-0.3, -0.25) is 0 Å². The Bertz CT molecular complexity index is 397. The van der Waals surface area contributed by atoms with Crippen LogP contribution >= 0.6 is 11.6 Å². The number of ether oxygens (including phenoxy) is 1. The van der Waals surface area contributed by atoms with Crippen molar-refractivity contribution in [2.75, 3.05) is 24.6 Å². The van der Waals surface area contributed by atoms with E-state index in [1.54, 1.807) is 0 Å². The molecule has 1 fully saturated rings. The molecular formula is C14H21ClN2O. The normalized spacial score (nSPS) is 20.8. The third-order valence-electron chi connectivity index (χ3n) is 3.39. The Balaban J connectivity index is 2.18. The van der Waals surface area contributed by atoms with Gasteiger partial charge in [0.25, 0.3) is 0 Å². The van der Waals surface area contributed by atoms with Crippen molar-refractivity contribution in [3.8, 4) is 0 Å². The summed E-state index contributed by atoms with van der Waals surface area (Å²) in [5.41, 5.74) is 7.79. The van der Waals surface area contributed by atoms with Gasteiger partial charge in [-0.15, -0.1) is 0 Å². The Kier molecular flexibility index (Phi) is 4.87. The highest BCUT2D eigenvalue weighted by molar-refractivity contribution is 6.33. The summed E-state index contributed by atoms with van der Waals surface area (Å²) >= 11 is 6.35. The quantitative estimate of drug-likeness (QED) is 0.916. The monoisotopic (exact) mass is 268 g/mol. The Morgan fingerprint density at radius 3 is 3.00 bits per heavy atom. The number of rotatable bonds is 3. The fourth-order valence-electron chi connectivity index (χ4n) is 2.29. The van der Waals surface area contributed by atoms with E-state index in [-0.39, 0.29) is 0 Å². The lowest BCUT2D eigenvalue weighted by atomic mass is 10.1. The number of benzene rings is 1. The zero-order valence-corrected chi connectivity index (χ0v) is 11.6. The fourth-order valence-corrected chi connectivity index (χ4v) is 2.62. The first-order valence-corrected chi connectivity index (χ1v) is 6.97. The largest absolute Gasteiger partial charge is 0.376 e. The minimum Gasteiger partial charge on any atom is -0.376 e. The van der Waals surface area contributed by atoms with E-state index in [2.05, 4.69) is 17.9 Å². The molecule has 0 bridgehead atoms. The van der Waals surface area contributed by atoms with E-state index >= 15 is 0 Å². The Morgan fingerprint density at radius 1 is 1.50 bits per heavy atom. The molecule has 1 unspecified atom stereocenters. The van der Waals surface area contributed by atoms with Crippen LogP contribution in [0.3, 0.4) is 0 Å². The molecule has 0 saturated carbocycles. The highest BCUT2D eigenvalue weighted by Gasteiger charge is 2.19. The molecule has 2 rings (SSSR count). The standard InChI is InChI=1S/C14H21ClN2O/c1-2-12-10-17(6-3-7-18-12)14-5-4-11(9-16)8-13(14)15/h4-5,8,12H,2-3,6-7,9-10,16H2,1H3. The van der Waals surface area contributed by atoms with Crippen molar-refractivity contribution in [2.24, 2.45) is 5.73 Å². The number of hydrogen-bond donors (Lipinski definition) is 1. The van der Waals surface area contributed by atoms with Crippen molar-refractivity contribution >= 4 is 17.3 Å². The molecule has 2 N–H and O–H groups in total. The average molecular weight is 269 g/mol. The Hall–Kier alpha value is -0.770. The number of nitrogens with zero attached hydrogens (tertiary/aromatic N) is 1. The zero-order valence-electron chi connectivity index (χ0n) is 10.9. The second kappa shape index (κ2) is 6.41. The first kappa shape index (κ1) is 13.7. The SMILES string of the molecule is CCC1CN(c2ccc(CN)cc2Cl)CCCO1. The molecule has 18 heavy (non-hydrogen) atoms. The van der Waals surface area contributed by atoms with Crippen LogP contribution in [0.1, 0.15) is 25.3 Å². The maximum absolute atomic E-state index is 6.35. The lowest BCUT2D eigenvalue weighted by Gasteiger charge is -2.26. The van der Waals surface area contributed by atoms with Crippen LogP contribution in [0, 0.1) is 0 Å². The van der Waals surface area contributed by atoms with Gasteiger partial charge >= 0.3 is 0 Å². The van der Waals surface area contributed by atoms with Gasteiger partial charge in [0, 0.05) is 26.2 Å². The smallest absolute Gasteiger partial charge is 0.0747 e. The summed E-state index contributed by atoms with van der Waals surface area (Å²) in [6, 6.07) is 6.08. The second-order valence-corrected chi connectivity index (χ2v) is 5.10. The fraction of sp³-hybridized carbons (Fsp3) is 0.571. The molecule has 1 heterocycles. The summed E-state index contributed by atoms with van der Waals surface area (Å²) in [7, 11) is 0. The molecule has 1 aromatic carbocycles. The van der Waals surface area contributed by atoms with Crippen LogP contribution in [0.5, 0.6) is 0 Å². The van der Waals surface area contributed by atoms with Gasteiger partial charge < -0.3 is 15.4 Å². The molecule has 0 amide bonds. The van der Waals surface area contributed by atoms with Crippen molar-refractivity contribution in [2.45, 2.75) is 32.4 Å². The van der Waals surface area contributed by atoms with E-state index in [4.69, 9.17) is 22.1 Å². The van der Waals surface area contributed by atoms with Gasteiger partial charge in [-0.05, 0) is 30.5 Å². The predicted molar refractivity (Wildman–Crippen MR) is 76.2 cm³/mol. The van der Waals surface area contributed by atoms with Gasteiger partial charge in [0.05, 0.1) is 16.8 Å². The van der Waals surface area contributed by atoms with E-state index in [0.29, 0.717) is 12.6 Å². The highest BCUT2D eigenvalue weighted by Crippen LogP contribution is 2.28. The zero-order chi connectivity index (χ0) is 13.0. The molecular weight excluding hydrogens is 248 g/mol. The molecule has 0 aliphatic carbocycles. The molecule has 0 aromatic heterocycles. The minimum absolute atomic E-state index is 0.303. The van der Waals surface area contributed by atoms with E-state index in [1.165, 1.54) is 0 Å². The van der Waals surface area contributed by atoms with E-state index in [9.17, 15) is 0 Å². The van der Waals surface area contributed by atoms with Crippen LogP contribution in [0.2, 0.25) is 5.02 Å². The molecule has 4 heteroatoms. The van der Waals surface area contributed by atoms with Crippen molar-refractivity contribution in [3.05, 3.63) is 28.8 Å². The van der Waals surface area contributed by atoms with Crippen LogP contribution in [0.25, 0.3) is 0 Å². The van der Waals surface area contributed by atoms with Crippen LogP contribution in [0.4, 0.5) is 5.69 Å². The van der Waals surface area contributed by atoms with Gasteiger partial charge in [-0.1, -0.05) is 24.6 Å². The van der Waals surface area contributed by atoms with Crippen LogP contribution < -0.4 is 10.6 Å². The van der Waals surface area contributed by atoms with Crippen molar-refractivity contribution in [1.29, 1.82) is 0 Å². The van der Waals surface area contributed by atoms with Crippen LogP contribution in [-0.4, -0.2) is 25.8 Å². The average Bonchev–Trinajstić information content (AvgIpc) is 2.63. The second-order valence-electron chi connectivity index (χ2n) is 4.69. The molecule has 1 aromatic rings. The van der Waals surface area contributed by atoms with Gasteiger partial charge in [-0.2, -0.15) is 0 Å². The van der Waals surface area contributed by atoms with E-state index in [0.717, 1.165) is 48.8 Å². The number of hydrogen-bond acceptors (Lipinski definition) is 3. The van der Waals surface area contributed by atoms with Gasteiger partial charge in [0.2, 0.25) is 0 Å². The molecule has 1 atom stereocenters. The topological polar surface area (TPSA) is 38.5 Å². The van der Waals surface area contributed by atoms with E-state index < -0.39 is 0 Å². The molecule has 1 saturated heterocycles. The minimum atomic E-state index is 0.303. The summed E-state index contributed by atoms with van der Waals surface area (Å²) in [6.07, 6.45) is 2.39. The first-order valence-electron chi connectivity index (χ1n) is 6.59. The first-order chi connectivity index (χ1) is 8.74. The van der Waals surface area contributed by atoms with Crippen molar-refractivity contribution < 1.29 is 4.74 Å². The predicted octanol–water partition coefficient (Wildman–Crippen LogP) is 2.80. The van der Waals surface area contributed by atoms with Crippen LogP contribution in [-0.2, 0) is 11.3 Å². The van der Waals surface area contributed by atoms with Gasteiger partial charge in [-0.25, -0.2) is 0 Å². The maximum Gasteiger partial charge on any atom is 0.0747 e. The molecule has 0 spiro atoms. The van der Waals surface area contributed by atoms with Crippen molar-refractivity contribution in [3.63, 3.8) is 0 Å². The Labute approximate surface area is 114 Å². The van der Waals surface area contributed by atoms with Crippen molar-refractivity contribution in [1.82, 2.24) is 0 Å². The summed E-state index contributed by atoms with van der Waals surface area (Å²) in [4.78, 5) is 2.32. The number of halogens is 1. The summed E-state index contributed by atoms with van der Waals surface area (Å²) in [5.74, 6) is 0. The molecule has 1 aliphatic rings. The summed E-state index contributed by atoms with van der Waals surface area (Å²) in [5, 5.41) is 0.787. The maximum atomic E-state index is 6.35. The highest BCUT2D eigenvalue weighted by atomic mass is 35.5. The molecule has 100 valence electrons.